The summed E-state index contributed by atoms with van der Waals surface area (Å²) in [6.07, 6.45) is 0. The number of carbonyl (C=O) groups excluding carboxylic acids is 1. The van der Waals surface area contributed by atoms with Crippen LogP contribution in [-0.2, 0) is 4.74 Å². The third-order valence-electron chi connectivity index (χ3n) is 5.13. The molecule has 3 heterocycles. The molecule has 0 saturated carbocycles. The van der Waals surface area contributed by atoms with Crippen molar-refractivity contribution in [1.82, 2.24) is 14.8 Å². The van der Waals surface area contributed by atoms with Crippen LogP contribution in [0, 0.1) is 5.41 Å². The van der Waals surface area contributed by atoms with Gasteiger partial charge in [-0.2, -0.15) is 0 Å². The molecule has 0 aliphatic carbocycles. The molecule has 24 heavy (non-hydrogen) atoms. The summed E-state index contributed by atoms with van der Waals surface area (Å²) < 4.78 is 5.26. The zero-order valence-electron chi connectivity index (χ0n) is 13.7. The third kappa shape index (κ3) is 2.81. The quantitative estimate of drug-likeness (QED) is 0.876. The van der Waals surface area contributed by atoms with Gasteiger partial charge in [-0.1, -0.05) is 18.2 Å². The molecule has 1 amide bonds. The van der Waals surface area contributed by atoms with Crippen LogP contribution >= 0.6 is 0 Å². The van der Waals surface area contributed by atoms with Gasteiger partial charge < -0.3 is 19.7 Å². The first-order chi connectivity index (χ1) is 11.7. The van der Waals surface area contributed by atoms with Gasteiger partial charge in [-0.25, -0.2) is 0 Å². The average Bonchev–Trinajstić information content (AvgIpc) is 3.02. The number of carbonyl (C=O) groups is 1. The molecule has 128 valence electrons. The number of H-pyrrole nitrogens is 1. The van der Waals surface area contributed by atoms with Gasteiger partial charge in [0.25, 0.3) is 5.91 Å². The second-order valence-corrected chi connectivity index (χ2v) is 6.99. The topological polar surface area (TPSA) is 68.8 Å². The summed E-state index contributed by atoms with van der Waals surface area (Å²) in [6.45, 7) is 5.41. The molecule has 2 aliphatic rings. The molecule has 6 nitrogen and oxygen atoms in total. The Morgan fingerprint density at radius 2 is 1.96 bits per heavy atom. The zero-order chi connectivity index (χ0) is 16.6. The molecule has 2 saturated heterocycles. The van der Waals surface area contributed by atoms with Crippen molar-refractivity contribution in [2.75, 3.05) is 52.5 Å². The van der Waals surface area contributed by atoms with Gasteiger partial charge in [-0.15, -0.1) is 0 Å². The molecule has 0 unspecified atom stereocenters. The predicted molar refractivity (Wildman–Crippen MR) is 91.0 cm³/mol. The van der Waals surface area contributed by atoms with E-state index >= 15 is 0 Å². The number of aromatic nitrogens is 1. The van der Waals surface area contributed by atoms with E-state index in [1.54, 1.807) is 0 Å². The molecular weight excluding hydrogens is 306 g/mol. The van der Waals surface area contributed by atoms with Crippen molar-refractivity contribution in [2.24, 2.45) is 5.41 Å². The maximum absolute atomic E-state index is 12.7. The zero-order valence-corrected chi connectivity index (χ0v) is 13.7. The van der Waals surface area contributed by atoms with Crippen molar-refractivity contribution in [3.63, 3.8) is 0 Å². The number of aromatic amines is 1. The largest absolute Gasteiger partial charge is 0.396 e. The molecule has 2 fully saturated rings. The fourth-order valence-corrected chi connectivity index (χ4v) is 3.57. The number of amides is 1. The van der Waals surface area contributed by atoms with E-state index in [1.807, 2.05) is 35.2 Å². The molecule has 2 N–H and O–H groups in total. The monoisotopic (exact) mass is 329 g/mol. The van der Waals surface area contributed by atoms with Crippen LogP contribution in [0.1, 0.15) is 10.5 Å². The van der Waals surface area contributed by atoms with E-state index in [9.17, 15) is 9.90 Å². The SMILES string of the molecule is O=C(c1cc2ccccc2[nH]1)N1CCN(CC2(CO)COC2)CC1. The van der Waals surface area contributed by atoms with Gasteiger partial charge in [0.05, 0.1) is 25.2 Å². The number of rotatable bonds is 4. The number of fused-ring (bicyclic) bond motifs is 1. The van der Waals surface area contributed by atoms with Gasteiger partial charge in [0.1, 0.15) is 5.69 Å². The highest BCUT2D eigenvalue weighted by Gasteiger charge is 2.40. The van der Waals surface area contributed by atoms with E-state index in [-0.39, 0.29) is 17.9 Å². The normalized spacial score (nSPS) is 21.0. The lowest BCUT2D eigenvalue weighted by Gasteiger charge is -2.45. The maximum atomic E-state index is 12.7. The second-order valence-electron chi connectivity index (χ2n) is 6.99. The number of benzene rings is 1. The molecule has 0 atom stereocenters. The van der Waals surface area contributed by atoms with E-state index in [2.05, 4.69) is 9.88 Å². The number of hydrogen-bond acceptors (Lipinski definition) is 4. The minimum Gasteiger partial charge on any atom is -0.396 e. The summed E-state index contributed by atoms with van der Waals surface area (Å²) >= 11 is 0. The number of ether oxygens (including phenoxy) is 1. The van der Waals surface area contributed by atoms with Crippen molar-refractivity contribution in [2.45, 2.75) is 0 Å². The highest BCUT2D eigenvalue weighted by molar-refractivity contribution is 5.98. The van der Waals surface area contributed by atoms with Crippen LogP contribution in [-0.4, -0.2) is 78.3 Å². The van der Waals surface area contributed by atoms with Crippen molar-refractivity contribution in [3.05, 3.63) is 36.0 Å². The summed E-state index contributed by atoms with van der Waals surface area (Å²) in [4.78, 5) is 20.1. The predicted octanol–water partition coefficient (Wildman–Crippen LogP) is 0.935. The Morgan fingerprint density at radius 1 is 1.21 bits per heavy atom. The molecule has 1 aromatic heterocycles. The summed E-state index contributed by atoms with van der Waals surface area (Å²) in [5, 5.41) is 10.6. The Balaban J connectivity index is 1.37. The molecule has 1 aromatic carbocycles. The van der Waals surface area contributed by atoms with Gasteiger partial charge in [0, 0.05) is 43.6 Å². The fourth-order valence-electron chi connectivity index (χ4n) is 3.57. The number of piperazine rings is 1. The first-order valence-electron chi connectivity index (χ1n) is 8.47. The first kappa shape index (κ1) is 15.6. The van der Waals surface area contributed by atoms with Gasteiger partial charge in [-0.3, -0.25) is 9.69 Å². The van der Waals surface area contributed by atoms with E-state index < -0.39 is 0 Å². The van der Waals surface area contributed by atoms with Gasteiger partial charge in [-0.05, 0) is 12.1 Å². The van der Waals surface area contributed by atoms with Crippen LogP contribution < -0.4 is 0 Å². The lowest BCUT2D eigenvalue weighted by molar-refractivity contribution is -0.150. The van der Waals surface area contributed by atoms with E-state index in [1.165, 1.54) is 0 Å². The number of nitrogens with zero attached hydrogens (tertiary/aromatic N) is 2. The highest BCUT2D eigenvalue weighted by atomic mass is 16.5. The highest BCUT2D eigenvalue weighted by Crippen LogP contribution is 2.28. The lowest BCUT2D eigenvalue weighted by Crippen LogP contribution is -2.57. The van der Waals surface area contributed by atoms with Crippen molar-refractivity contribution in [3.8, 4) is 0 Å². The molecule has 0 radical (unpaired) electrons. The molecular formula is C18H23N3O3. The van der Waals surface area contributed by atoms with Crippen molar-refractivity contribution < 1.29 is 14.6 Å². The summed E-state index contributed by atoms with van der Waals surface area (Å²) in [6, 6.07) is 9.86. The van der Waals surface area contributed by atoms with Crippen LogP contribution in [0.2, 0.25) is 0 Å². The van der Waals surface area contributed by atoms with Gasteiger partial charge in [0.2, 0.25) is 0 Å². The maximum Gasteiger partial charge on any atom is 0.270 e. The number of nitrogens with one attached hydrogen (secondary N) is 1. The van der Waals surface area contributed by atoms with E-state index in [0.29, 0.717) is 18.9 Å². The Morgan fingerprint density at radius 3 is 2.58 bits per heavy atom. The van der Waals surface area contributed by atoms with Crippen LogP contribution in [0.3, 0.4) is 0 Å². The summed E-state index contributed by atoms with van der Waals surface area (Å²) in [5.41, 5.74) is 1.56. The minimum atomic E-state index is -0.0939. The second kappa shape index (κ2) is 6.20. The number of aliphatic hydroxyl groups excluding tert-OH is 1. The molecule has 0 spiro atoms. The smallest absolute Gasteiger partial charge is 0.270 e. The van der Waals surface area contributed by atoms with E-state index in [0.717, 1.165) is 43.6 Å². The van der Waals surface area contributed by atoms with Crippen LogP contribution in [0.15, 0.2) is 30.3 Å². The van der Waals surface area contributed by atoms with Crippen LogP contribution in [0.25, 0.3) is 10.9 Å². The molecule has 2 aromatic rings. The Hall–Kier alpha value is -1.89. The first-order valence-corrected chi connectivity index (χ1v) is 8.47. The number of para-hydroxylation sites is 1. The Kier molecular flexibility index (Phi) is 4.04. The standard InChI is InChI=1S/C18H23N3O3/c22-11-18(12-24-13-18)10-20-5-7-21(8-6-20)17(23)16-9-14-3-1-2-4-15(14)19-16/h1-4,9,19,22H,5-8,10-13H2. The Labute approximate surface area is 141 Å². The molecule has 6 heteroatoms. The summed E-state index contributed by atoms with van der Waals surface area (Å²) in [5.74, 6) is 0.0645. The fraction of sp³-hybridized carbons (Fsp3) is 0.500. The van der Waals surface area contributed by atoms with Crippen molar-refractivity contribution in [1.29, 1.82) is 0 Å². The molecule has 2 aliphatic heterocycles. The minimum absolute atomic E-state index is 0.0645. The van der Waals surface area contributed by atoms with Crippen LogP contribution in [0.5, 0.6) is 0 Å². The molecule has 0 bridgehead atoms. The average molecular weight is 329 g/mol. The lowest BCUT2D eigenvalue weighted by atomic mass is 9.86. The van der Waals surface area contributed by atoms with Gasteiger partial charge >= 0.3 is 0 Å². The van der Waals surface area contributed by atoms with Crippen LogP contribution in [0.4, 0.5) is 0 Å². The number of aliphatic hydroxyl groups is 1. The molecule has 4 rings (SSSR count). The van der Waals surface area contributed by atoms with Gasteiger partial charge in [0.15, 0.2) is 0 Å². The Bertz CT molecular complexity index is 691. The van der Waals surface area contributed by atoms with Crippen molar-refractivity contribution >= 4 is 16.8 Å². The third-order valence-corrected chi connectivity index (χ3v) is 5.13. The number of hydrogen-bond donors (Lipinski definition) is 2. The summed E-state index contributed by atoms with van der Waals surface area (Å²) in [7, 11) is 0. The van der Waals surface area contributed by atoms with E-state index in [4.69, 9.17) is 4.74 Å².